The fourth-order valence-corrected chi connectivity index (χ4v) is 6.64. The van der Waals surface area contributed by atoms with E-state index in [1.165, 1.54) is 18.4 Å². The summed E-state index contributed by atoms with van der Waals surface area (Å²) < 4.78 is 13.0. The van der Waals surface area contributed by atoms with Crippen molar-refractivity contribution in [3.63, 3.8) is 0 Å². The molecule has 1 aromatic rings. The van der Waals surface area contributed by atoms with Gasteiger partial charge in [-0.2, -0.15) is 5.06 Å². The summed E-state index contributed by atoms with van der Waals surface area (Å²) in [6.07, 6.45) is 5.33. The molecule has 2 aliphatic heterocycles. The number of hydrogen-bond acceptors (Lipinski definition) is 4. The van der Waals surface area contributed by atoms with Crippen LogP contribution in [0.1, 0.15) is 58.9 Å². The molecular formula is C24H35NO3. The van der Waals surface area contributed by atoms with Gasteiger partial charge in [0.2, 0.25) is 0 Å². The lowest BCUT2D eigenvalue weighted by Gasteiger charge is -2.38. The highest BCUT2D eigenvalue weighted by molar-refractivity contribution is 5.20. The Morgan fingerprint density at radius 1 is 1.18 bits per heavy atom. The van der Waals surface area contributed by atoms with Crippen LogP contribution in [0.3, 0.4) is 0 Å². The molecule has 5 rings (SSSR count). The van der Waals surface area contributed by atoms with Crippen LogP contribution in [-0.4, -0.2) is 36.1 Å². The fraction of sp³-hybridized carbons (Fsp3) is 0.750. The predicted molar refractivity (Wildman–Crippen MR) is 108 cm³/mol. The summed E-state index contributed by atoms with van der Waals surface area (Å²) in [6, 6.07) is 10.8. The lowest BCUT2D eigenvalue weighted by atomic mass is 9.70. The van der Waals surface area contributed by atoms with Gasteiger partial charge in [-0.15, -0.1) is 0 Å². The summed E-state index contributed by atoms with van der Waals surface area (Å²) in [4.78, 5) is 6.57. The van der Waals surface area contributed by atoms with Crippen LogP contribution in [0.5, 0.6) is 0 Å². The summed E-state index contributed by atoms with van der Waals surface area (Å²) in [5.74, 6) is 0.958. The van der Waals surface area contributed by atoms with E-state index in [2.05, 4.69) is 57.0 Å². The topological polar surface area (TPSA) is 30.9 Å². The van der Waals surface area contributed by atoms with E-state index >= 15 is 0 Å². The van der Waals surface area contributed by atoms with Gasteiger partial charge >= 0.3 is 0 Å². The first-order valence-electron chi connectivity index (χ1n) is 11.2. The maximum atomic E-state index is 6.79. The number of benzene rings is 1. The minimum Gasteiger partial charge on any atom is -0.376 e. The van der Waals surface area contributed by atoms with E-state index in [1.807, 2.05) is 6.07 Å². The first-order valence-corrected chi connectivity index (χ1v) is 11.2. The van der Waals surface area contributed by atoms with Crippen LogP contribution >= 0.6 is 0 Å². The van der Waals surface area contributed by atoms with Gasteiger partial charge in [-0.05, 0) is 36.2 Å². The van der Waals surface area contributed by atoms with Crippen molar-refractivity contribution in [3.05, 3.63) is 35.9 Å². The normalized spacial score (nSPS) is 43.4. The van der Waals surface area contributed by atoms with Gasteiger partial charge in [-0.3, -0.25) is 4.84 Å². The molecule has 2 saturated carbocycles. The molecule has 4 aliphatic rings. The van der Waals surface area contributed by atoms with Crippen LogP contribution in [0.15, 0.2) is 30.3 Å². The van der Waals surface area contributed by atoms with Crippen molar-refractivity contribution < 1.29 is 14.3 Å². The minimum absolute atomic E-state index is 0.0540. The number of nitrogens with zero attached hydrogens (tertiary/aromatic N) is 1. The molecule has 28 heavy (non-hydrogen) atoms. The molecule has 7 atom stereocenters. The Kier molecular flexibility index (Phi) is 4.63. The van der Waals surface area contributed by atoms with Crippen LogP contribution in [0.4, 0.5) is 0 Å². The smallest absolute Gasteiger partial charge is 0.141 e. The maximum absolute atomic E-state index is 6.79. The largest absolute Gasteiger partial charge is 0.376 e. The molecule has 0 amide bonds. The second-order valence-corrected chi connectivity index (χ2v) is 10.2. The molecule has 0 unspecified atom stereocenters. The molecule has 4 heteroatoms. The van der Waals surface area contributed by atoms with Crippen LogP contribution in [0.25, 0.3) is 0 Å². The zero-order valence-electron chi connectivity index (χ0n) is 17.8. The Morgan fingerprint density at radius 2 is 1.96 bits per heavy atom. The standard InChI is InChI=1S/C24H35NO3/c1-5-9-19-17(15-26-14-16-10-7-6-8-11-16)22-25(28-19)20-18-12-13-24(4,21(20)27-22)23(18,2)3/h6-8,10-11,17-22H,5,9,12-15H2,1-4H3/t17-,18+,19-,20+,21+,22-,24-/m0/s1. The Morgan fingerprint density at radius 3 is 2.71 bits per heavy atom. The maximum Gasteiger partial charge on any atom is 0.141 e. The van der Waals surface area contributed by atoms with Crippen molar-refractivity contribution in [2.45, 2.75) is 84.5 Å². The molecule has 4 fully saturated rings. The van der Waals surface area contributed by atoms with E-state index in [1.54, 1.807) is 0 Å². The number of fused-ring (bicyclic) bond motifs is 7. The quantitative estimate of drug-likeness (QED) is 0.705. The number of ether oxygens (including phenoxy) is 2. The lowest BCUT2D eigenvalue weighted by Crippen LogP contribution is -2.42. The monoisotopic (exact) mass is 385 g/mol. The van der Waals surface area contributed by atoms with Gasteiger partial charge in [0.25, 0.3) is 0 Å². The molecule has 0 radical (unpaired) electrons. The van der Waals surface area contributed by atoms with Gasteiger partial charge in [0.05, 0.1) is 37.4 Å². The highest BCUT2D eigenvalue weighted by atomic mass is 16.8. The van der Waals surface area contributed by atoms with Crippen molar-refractivity contribution in [2.75, 3.05) is 6.61 Å². The van der Waals surface area contributed by atoms with Crippen LogP contribution in [-0.2, 0) is 20.9 Å². The predicted octanol–water partition coefficient (Wildman–Crippen LogP) is 4.78. The van der Waals surface area contributed by atoms with Crippen molar-refractivity contribution >= 4 is 0 Å². The van der Waals surface area contributed by atoms with Gasteiger partial charge in [0.1, 0.15) is 6.23 Å². The minimum atomic E-state index is 0.0540. The molecule has 2 aliphatic carbocycles. The molecule has 2 heterocycles. The molecule has 0 N–H and O–H groups in total. The lowest BCUT2D eigenvalue weighted by molar-refractivity contribution is -0.197. The van der Waals surface area contributed by atoms with Crippen LogP contribution < -0.4 is 0 Å². The molecule has 2 bridgehead atoms. The Bertz CT molecular complexity index is 707. The van der Waals surface area contributed by atoms with E-state index in [0.29, 0.717) is 42.6 Å². The fourth-order valence-electron chi connectivity index (χ4n) is 6.64. The van der Waals surface area contributed by atoms with Gasteiger partial charge in [0.15, 0.2) is 0 Å². The summed E-state index contributed by atoms with van der Waals surface area (Å²) >= 11 is 0. The van der Waals surface area contributed by atoms with Gasteiger partial charge in [0, 0.05) is 5.41 Å². The third-order valence-electron chi connectivity index (χ3n) is 8.65. The first kappa shape index (κ1) is 19.0. The molecule has 0 aromatic heterocycles. The summed E-state index contributed by atoms with van der Waals surface area (Å²) in [7, 11) is 0. The van der Waals surface area contributed by atoms with E-state index in [4.69, 9.17) is 14.3 Å². The van der Waals surface area contributed by atoms with E-state index < -0.39 is 0 Å². The van der Waals surface area contributed by atoms with Crippen molar-refractivity contribution in [1.29, 1.82) is 0 Å². The summed E-state index contributed by atoms with van der Waals surface area (Å²) in [5.41, 5.74) is 1.80. The highest BCUT2D eigenvalue weighted by Crippen LogP contribution is 2.70. The Labute approximate surface area is 169 Å². The molecule has 154 valence electrons. The zero-order valence-corrected chi connectivity index (χ0v) is 17.8. The number of hydroxylamine groups is 2. The van der Waals surface area contributed by atoms with E-state index in [0.717, 1.165) is 12.8 Å². The third-order valence-corrected chi connectivity index (χ3v) is 8.65. The average Bonchev–Trinajstić information content (AvgIpc) is 3.31. The van der Waals surface area contributed by atoms with Crippen molar-refractivity contribution in [3.8, 4) is 0 Å². The molecular weight excluding hydrogens is 350 g/mol. The van der Waals surface area contributed by atoms with Crippen LogP contribution in [0, 0.1) is 22.7 Å². The highest BCUT2D eigenvalue weighted by Gasteiger charge is 2.73. The SMILES string of the molecule is CCC[C@@H]1ON2[C@@H]3[C@H]4CC[C@@](C)([C@@H]3O[C@H]2[C@H]1COCc1ccccc1)C4(C)C. The van der Waals surface area contributed by atoms with E-state index in [9.17, 15) is 0 Å². The molecule has 0 spiro atoms. The number of hydrogen-bond donors (Lipinski definition) is 0. The van der Waals surface area contributed by atoms with Gasteiger partial charge in [-0.1, -0.05) is 64.4 Å². The number of rotatable bonds is 6. The Balaban J connectivity index is 1.32. The molecule has 2 saturated heterocycles. The van der Waals surface area contributed by atoms with Crippen molar-refractivity contribution in [2.24, 2.45) is 22.7 Å². The third kappa shape index (κ3) is 2.57. The van der Waals surface area contributed by atoms with Crippen LogP contribution in [0.2, 0.25) is 0 Å². The molecule has 4 nitrogen and oxygen atoms in total. The first-order chi connectivity index (χ1) is 13.5. The van der Waals surface area contributed by atoms with Gasteiger partial charge < -0.3 is 9.47 Å². The summed E-state index contributed by atoms with van der Waals surface area (Å²) in [5, 5.41) is 2.28. The van der Waals surface area contributed by atoms with Crippen molar-refractivity contribution in [1.82, 2.24) is 5.06 Å². The average molecular weight is 386 g/mol. The van der Waals surface area contributed by atoms with E-state index in [-0.39, 0.29) is 17.7 Å². The second kappa shape index (κ2) is 6.80. The molecule has 1 aromatic carbocycles. The van der Waals surface area contributed by atoms with Gasteiger partial charge in [-0.25, -0.2) is 0 Å². The Hall–Kier alpha value is -0.940. The second-order valence-electron chi connectivity index (χ2n) is 10.2. The summed E-state index contributed by atoms with van der Waals surface area (Å²) in [6.45, 7) is 10.9. The zero-order chi connectivity index (χ0) is 19.5.